The van der Waals surface area contributed by atoms with Gasteiger partial charge in [-0.2, -0.15) is 0 Å². The van der Waals surface area contributed by atoms with Crippen molar-refractivity contribution in [2.75, 3.05) is 18.1 Å². The molecule has 5 nitrogen and oxygen atoms in total. The Balaban J connectivity index is 1.81. The van der Waals surface area contributed by atoms with Gasteiger partial charge in [-0.25, -0.2) is 8.42 Å². The van der Waals surface area contributed by atoms with E-state index in [1.54, 1.807) is 11.0 Å². The summed E-state index contributed by atoms with van der Waals surface area (Å²) in [6.45, 7) is 6.77. The van der Waals surface area contributed by atoms with Crippen LogP contribution >= 0.6 is 0 Å². The Bertz CT molecular complexity index is 991. The molecule has 0 bridgehead atoms. The fourth-order valence-electron chi connectivity index (χ4n) is 4.01. The molecule has 156 valence electrons. The zero-order chi connectivity index (χ0) is 21.0. The van der Waals surface area contributed by atoms with Crippen LogP contribution in [0.3, 0.4) is 0 Å². The second-order valence-electron chi connectivity index (χ2n) is 7.77. The summed E-state index contributed by atoms with van der Waals surface area (Å²) >= 11 is 0. The Labute approximate surface area is 174 Å². The third kappa shape index (κ3) is 4.99. The molecule has 1 fully saturated rings. The highest BCUT2D eigenvalue weighted by atomic mass is 32.2. The van der Waals surface area contributed by atoms with Gasteiger partial charge >= 0.3 is 0 Å². The zero-order valence-corrected chi connectivity index (χ0v) is 18.3. The number of rotatable bonds is 7. The summed E-state index contributed by atoms with van der Waals surface area (Å²) in [4.78, 5) is 14.7. The average Bonchev–Trinajstić information content (AvgIpc) is 3.19. The molecule has 1 aliphatic rings. The maximum atomic E-state index is 12.9. The molecule has 0 spiro atoms. The number of hydrogen-bond acceptors (Lipinski definition) is 3. The number of benzene rings is 1. The van der Waals surface area contributed by atoms with Gasteiger partial charge in [0.2, 0.25) is 5.91 Å². The van der Waals surface area contributed by atoms with Crippen LogP contribution in [-0.4, -0.2) is 47.9 Å². The monoisotopic (exact) mass is 414 g/mol. The van der Waals surface area contributed by atoms with E-state index in [0.717, 1.165) is 35.5 Å². The fraction of sp³-hybridized carbons (Fsp3) is 0.435. The molecule has 2 heterocycles. The molecule has 1 aromatic heterocycles. The van der Waals surface area contributed by atoms with Crippen LogP contribution in [0.15, 0.2) is 42.5 Å². The topological polar surface area (TPSA) is 59.4 Å². The van der Waals surface area contributed by atoms with E-state index in [0.29, 0.717) is 13.0 Å². The van der Waals surface area contributed by atoms with Crippen LogP contribution in [0.4, 0.5) is 0 Å². The zero-order valence-electron chi connectivity index (χ0n) is 17.5. The fourth-order valence-corrected chi connectivity index (χ4v) is 5.74. The molecule has 1 atom stereocenters. The number of carbonyl (C=O) groups excluding carboxylic acids is 1. The third-order valence-corrected chi connectivity index (χ3v) is 7.33. The van der Waals surface area contributed by atoms with Gasteiger partial charge in [0.15, 0.2) is 9.84 Å². The lowest BCUT2D eigenvalue weighted by molar-refractivity contribution is -0.127. The lowest BCUT2D eigenvalue weighted by Crippen LogP contribution is -2.40. The Morgan fingerprint density at radius 3 is 2.59 bits per heavy atom. The standard InChI is InChI=1S/C23H30N2O3S/c1-4-5-14-24(22-13-15-29(27,28)17-22)23(26)12-11-20-16-18(2)25(19(20)3)21-9-7-6-8-10-21/h6-12,16,22H,4-5,13-15,17H2,1-3H3/b12-11+. The Hall–Kier alpha value is -2.34. The smallest absolute Gasteiger partial charge is 0.246 e. The van der Waals surface area contributed by atoms with E-state index in [9.17, 15) is 13.2 Å². The molecule has 0 saturated carbocycles. The molecule has 3 rings (SSSR count). The van der Waals surface area contributed by atoms with Gasteiger partial charge in [-0.1, -0.05) is 31.5 Å². The Morgan fingerprint density at radius 2 is 1.97 bits per heavy atom. The lowest BCUT2D eigenvalue weighted by atomic mass is 10.1. The Morgan fingerprint density at radius 1 is 1.24 bits per heavy atom. The molecule has 0 radical (unpaired) electrons. The summed E-state index contributed by atoms with van der Waals surface area (Å²) in [6.07, 6.45) is 5.82. The highest BCUT2D eigenvalue weighted by molar-refractivity contribution is 7.91. The van der Waals surface area contributed by atoms with Crippen LogP contribution in [0.5, 0.6) is 0 Å². The van der Waals surface area contributed by atoms with E-state index in [4.69, 9.17) is 0 Å². The van der Waals surface area contributed by atoms with Gasteiger partial charge in [0, 0.05) is 35.7 Å². The first-order valence-electron chi connectivity index (χ1n) is 10.3. The van der Waals surface area contributed by atoms with Gasteiger partial charge in [-0.3, -0.25) is 4.79 Å². The quantitative estimate of drug-likeness (QED) is 0.645. The third-order valence-electron chi connectivity index (χ3n) is 5.57. The summed E-state index contributed by atoms with van der Waals surface area (Å²) < 4.78 is 25.9. The summed E-state index contributed by atoms with van der Waals surface area (Å²) in [6, 6.07) is 12.0. The number of aryl methyl sites for hydroxylation is 1. The highest BCUT2D eigenvalue weighted by Gasteiger charge is 2.33. The molecule has 1 saturated heterocycles. The van der Waals surface area contributed by atoms with Crippen molar-refractivity contribution >= 4 is 21.8 Å². The van der Waals surface area contributed by atoms with E-state index in [1.165, 1.54) is 0 Å². The molecule has 1 aromatic carbocycles. The van der Waals surface area contributed by atoms with E-state index >= 15 is 0 Å². The number of amides is 1. The van der Waals surface area contributed by atoms with Crippen LogP contribution in [0.2, 0.25) is 0 Å². The summed E-state index contributed by atoms with van der Waals surface area (Å²) in [5, 5.41) is 0. The van der Waals surface area contributed by atoms with Gasteiger partial charge in [-0.05, 0) is 56.5 Å². The predicted octanol–water partition coefficient (Wildman–Crippen LogP) is 3.92. The Kier molecular flexibility index (Phi) is 6.63. The number of aromatic nitrogens is 1. The molecule has 6 heteroatoms. The van der Waals surface area contributed by atoms with Crippen molar-refractivity contribution in [1.82, 2.24) is 9.47 Å². The number of hydrogen-bond donors (Lipinski definition) is 0. The van der Waals surface area contributed by atoms with Crippen LogP contribution in [0.25, 0.3) is 11.8 Å². The van der Waals surface area contributed by atoms with Crippen molar-refractivity contribution in [3.8, 4) is 5.69 Å². The van der Waals surface area contributed by atoms with Crippen molar-refractivity contribution in [3.63, 3.8) is 0 Å². The van der Waals surface area contributed by atoms with Crippen molar-refractivity contribution in [2.24, 2.45) is 0 Å². The van der Waals surface area contributed by atoms with E-state index in [1.807, 2.05) is 31.2 Å². The van der Waals surface area contributed by atoms with Crippen LogP contribution < -0.4 is 0 Å². The SMILES string of the molecule is CCCCN(C(=O)/C=C/c1cc(C)n(-c2ccccc2)c1C)C1CCS(=O)(=O)C1. The van der Waals surface area contributed by atoms with Crippen molar-refractivity contribution < 1.29 is 13.2 Å². The van der Waals surface area contributed by atoms with E-state index in [2.05, 4.69) is 36.6 Å². The molecule has 29 heavy (non-hydrogen) atoms. The highest BCUT2D eigenvalue weighted by Crippen LogP contribution is 2.23. The number of carbonyl (C=O) groups is 1. The first-order chi connectivity index (χ1) is 13.8. The van der Waals surface area contributed by atoms with Crippen LogP contribution in [0.1, 0.15) is 43.1 Å². The van der Waals surface area contributed by atoms with Crippen LogP contribution in [0, 0.1) is 13.8 Å². The maximum Gasteiger partial charge on any atom is 0.246 e. The predicted molar refractivity (Wildman–Crippen MR) is 118 cm³/mol. The minimum absolute atomic E-state index is 0.0822. The molecular weight excluding hydrogens is 384 g/mol. The van der Waals surface area contributed by atoms with Crippen molar-refractivity contribution in [3.05, 3.63) is 59.4 Å². The van der Waals surface area contributed by atoms with Gasteiger partial charge in [0.1, 0.15) is 0 Å². The molecule has 0 N–H and O–H groups in total. The molecule has 1 aliphatic heterocycles. The lowest BCUT2D eigenvalue weighted by Gasteiger charge is -2.27. The summed E-state index contributed by atoms with van der Waals surface area (Å²) in [5.41, 5.74) is 4.26. The minimum atomic E-state index is -3.03. The average molecular weight is 415 g/mol. The molecule has 1 unspecified atom stereocenters. The number of nitrogens with zero attached hydrogens (tertiary/aromatic N) is 2. The summed E-state index contributed by atoms with van der Waals surface area (Å²) in [5.74, 6) is 0.152. The van der Waals surface area contributed by atoms with Crippen molar-refractivity contribution in [2.45, 2.75) is 46.1 Å². The normalized spacial score (nSPS) is 18.4. The maximum absolute atomic E-state index is 12.9. The van der Waals surface area contributed by atoms with Gasteiger partial charge < -0.3 is 9.47 Å². The minimum Gasteiger partial charge on any atom is -0.335 e. The number of sulfone groups is 1. The number of para-hydroxylation sites is 1. The first kappa shape index (κ1) is 21.4. The number of unbranched alkanes of at least 4 members (excludes halogenated alkanes) is 1. The van der Waals surface area contributed by atoms with Gasteiger partial charge in [0.05, 0.1) is 11.5 Å². The molecule has 0 aliphatic carbocycles. The van der Waals surface area contributed by atoms with E-state index in [-0.39, 0.29) is 23.5 Å². The first-order valence-corrected chi connectivity index (χ1v) is 12.1. The summed E-state index contributed by atoms with van der Waals surface area (Å²) in [7, 11) is -3.03. The molecule has 2 aromatic rings. The van der Waals surface area contributed by atoms with Crippen LogP contribution in [-0.2, 0) is 14.6 Å². The van der Waals surface area contributed by atoms with E-state index < -0.39 is 9.84 Å². The largest absolute Gasteiger partial charge is 0.335 e. The second kappa shape index (κ2) is 8.99. The molecule has 1 amide bonds. The second-order valence-corrected chi connectivity index (χ2v) is 10.0. The molecular formula is C23H30N2O3S. The van der Waals surface area contributed by atoms with Gasteiger partial charge in [-0.15, -0.1) is 0 Å². The van der Waals surface area contributed by atoms with Crippen molar-refractivity contribution in [1.29, 1.82) is 0 Å². The van der Waals surface area contributed by atoms with Gasteiger partial charge in [0.25, 0.3) is 0 Å².